The van der Waals surface area contributed by atoms with Gasteiger partial charge in [0, 0.05) is 21.8 Å². The first-order chi connectivity index (χ1) is 15.8. The molecule has 0 saturated carbocycles. The largest absolute Gasteiger partial charge is 0.466 e. The van der Waals surface area contributed by atoms with Crippen LogP contribution in [0, 0.1) is 5.82 Å². The van der Waals surface area contributed by atoms with Crippen LogP contribution in [0.4, 0.5) is 4.39 Å². The summed E-state index contributed by atoms with van der Waals surface area (Å²) in [7, 11) is 1.27. The molecule has 0 aliphatic carbocycles. The van der Waals surface area contributed by atoms with Gasteiger partial charge in [-0.2, -0.15) is 0 Å². The molecule has 0 radical (unpaired) electrons. The summed E-state index contributed by atoms with van der Waals surface area (Å²) < 4.78 is 30.7. The van der Waals surface area contributed by atoms with Gasteiger partial charge in [-0.05, 0) is 38.1 Å². The second kappa shape index (κ2) is 11.6. The second-order valence-corrected chi connectivity index (χ2v) is 8.20. The monoisotopic (exact) mass is 495 g/mol. The molecule has 2 aromatic rings. The first kappa shape index (κ1) is 25.1. The fraction of sp³-hybridized carbons (Fsp3) is 0.348. The maximum atomic E-state index is 14.5. The predicted octanol–water partition coefficient (Wildman–Crippen LogP) is 4.49. The Kier molecular flexibility index (Phi) is 8.80. The van der Waals surface area contributed by atoms with Crippen molar-refractivity contribution in [2.45, 2.75) is 26.0 Å². The molecule has 0 bridgehead atoms. The van der Waals surface area contributed by atoms with E-state index in [4.69, 9.17) is 37.4 Å². The van der Waals surface area contributed by atoms with Gasteiger partial charge >= 0.3 is 5.97 Å². The number of halogens is 3. The van der Waals surface area contributed by atoms with Crippen LogP contribution in [0.15, 0.2) is 52.8 Å². The van der Waals surface area contributed by atoms with Crippen molar-refractivity contribution in [1.29, 1.82) is 0 Å². The highest BCUT2D eigenvalue weighted by atomic mass is 35.5. The molecule has 1 unspecified atom stereocenters. The zero-order valence-electron chi connectivity index (χ0n) is 18.4. The third-order valence-corrected chi connectivity index (χ3v) is 5.26. The Hall–Kier alpha value is -2.52. The molecule has 33 heavy (non-hydrogen) atoms. The summed E-state index contributed by atoms with van der Waals surface area (Å²) in [5, 5.41) is 3.72. The van der Waals surface area contributed by atoms with E-state index in [2.05, 4.69) is 15.3 Å². The average molecular weight is 496 g/mol. The zero-order chi connectivity index (χ0) is 24.0. The van der Waals surface area contributed by atoms with Crippen molar-refractivity contribution in [2.75, 3.05) is 26.9 Å². The summed E-state index contributed by atoms with van der Waals surface area (Å²) in [4.78, 5) is 21.5. The molecular formula is C23H24Cl2FN3O4. The molecule has 2 heterocycles. The molecule has 1 aliphatic heterocycles. The van der Waals surface area contributed by atoms with Crippen LogP contribution in [0.2, 0.25) is 10.0 Å². The van der Waals surface area contributed by atoms with Gasteiger partial charge in [-0.1, -0.05) is 29.3 Å². The van der Waals surface area contributed by atoms with Gasteiger partial charge in [0.25, 0.3) is 0 Å². The summed E-state index contributed by atoms with van der Waals surface area (Å²) in [5.41, 5.74) is 1.04. The third-order valence-electron chi connectivity index (χ3n) is 4.70. The highest BCUT2D eigenvalue weighted by Gasteiger charge is 2.34. The molecule has 1 aliphatic rings. The fourth-order valence-electron chi connectivity index (χ4n) is 3.21. The molecule has 176 valence electrons. The molecule has 0 saturated heterocycles. The SMILES string of the molecule is COC(=O)C1=C(COCCOC(C)C)NC(c2ncccc2F)=NC1c1ccc(Cl)cc1Cl. The minimum Gasteiger partial charge on any atom is -0.466 e. The van der Waals surface area contributed by atoms with Crippen LogP contribution >= 0.6 is 23.2 Å². The summed E-state index contributed by atoms with van der Waals surface area (Å²) in [6, 6.07) is 6.69. The lowest BCUT2D eigenvalue weighted by Gasteiger charge is -2.27. The van der Waals surface area contributed by atoms with Crippen LogP contribution in [-0.4, -0.2) is 49.8 Å². The molecule has 0 spiro atoms. The van der Waals surface area contributed by atoms with Crippen molar-refractivity contribution in [2.24, 2.45) is 4.99 Å². The van der Waals surface area contributed by atoms with Gasteiger partial charge in [-0.3, -0.25) is 4.99 Å². The number of hydrogen-bond donors (Lipinski definition) is 1. The van der Waals surface area contributed by atoms with Gasteiger partial charge in [-0.15, -0.1) is 0 Å². The van der Waals surface area contributed by atoms with Gasteiger partial charge in [-0.25, -0.2) is 14.2 Å². The number of pyridine rings is 1. The van der Waals surface area contributed by atoms with E-state index >= 15 is 0 Å². The standard InChI is InChI=1S/C23H24Cl2FN3O4/c1-13(2)33-10-9-32-12-18-19(23(30)31-3)20(15-7-6-14(24)11-16(15)25)29-22(28-18)21-17(26)5-4-8-27-21/h4-8,11,13,20H,9-10,12H2,1-3H3,(H,28,29). The number of aliphatic imine (C=N–C) groups is 1. The Balaban J connectivity index is 2.04. The molecule has 0 fully saturated rings. The predicted molar refractivity (Wildman–Crippen MR) is 124 cm³/mol. The van der Waals surface area contributed by atoms with E-state index in [-0.39, 0.29) is 36.4 Å². The Bertz CT molecular complexity index is 1080. The highest BCUT2D eigenvalue weighted by Crippen LogP contribution is 2.37. The Morgan fingerprint density at radius 2 is 2.03 bits per heavy atom. The number of rotatable bonds is 9. The average Bonchev–Trinajstić information content (AvgIpc) is 2.78. The van der Waals surface area contributed by atoms with Crippen LogP contribution in [0.25, 0.3) is 0 Å². The summed E-state index contributed by atoms with van der Waals surface area (Å²) >= 11 is 12.5. The van der Waals surface area contributed by atoms with Crippen molar-refractivity contribution in [3.63, 3.8) is 0 Å². The third kappa shape index (κ3) is 6.29. The first-order valence-corrected chi connectivity index (χ1v) is 11.0. The first-order valence-electron chi connectivity index (χ1n) is 10.2. The lowest BCUT2D eigenvalue weighted by atomic mass is 9.95. The summed E-state index contributed by atoms with van der Waals surface area (Å²) in [5.74, 6) is -1.06. The van der Waals surface area contributed by atoms with Crippen molar-refractivity contribution >= 4 is 35.0 Å². The molecular weight excluding hydrogens is 472 g/mol. The van der Waals surface area contributed by atoms with Crippen LogP contribution < -0.4 is 5.32 Å². The number of nitrogens with zero attached hydrogens (tertiary/aromatic N) is 2. The molecule has 0 amide bonds. The number of nitrogens with one attached hydrogen (secondary N) is 1. The Labute approximate surface area is 201 Å². The minimum atomic E-state index is -0.898. The summed E-state index contributed by atoms with van der Waals surface area (Å²) in [6.07, 6.45) is 1.51. The smallest absolute Gasteiger partial charge is 0.338 e. The van der Waals surface area contributed by atoms with Gasteiger partial charge < -0.3 is 19.5 Å². The topological polar surface area (TPSA) is 82.0 Å². The van der Waals surface area contributed by atoms with E-state index in [1.54, 1.807) is 18.2 Å². The molecule has 10 heteroatoms. The van der Waals surface area contributed by atoms with Gasteiger partial charge in [0.05, 0.1) is 44.3 Å². The van der Waals surface area contributed by atoms with E-state index in [1.165, 1.54) is 25.4 Å². The number of benzene rings is 1. The number of aromatic nitrogens is 1. The van der Waals surface area contributed by atoms with Gasteiger partial charge in [0.15, 0.2) is 11.7 Å². The minimum absolute atomic E-state index is 0.00106. The lowest BCUT2D eigenvalue weighted by Crippen LogP contribution is -2.36. The normalized spacial score (nSPS) is 16.0. The van der Waals surface area contributed by atoms with E-state index in [0.29, 0.717) is 27.9 Å². The zero-order valence-corrected chi connectivity index (χ0v) is 19.9. The van der Waals surface area contributed by atoms with Crippen molar-refractivity contribution < 1.29 is 23.4 Å². The van der Waals surface area contributed by atoms with Crippen LogP contribution in [-0.2, 0) is 19.0 Å². The quantitative estimate of drug-likeness (QED) is 0.407. The Morgan fingerprint density at radius 3 is 2.70 bits per heavy atom. The van der Waals surface area contributed by atoms with E-state index in [1.807, 2.05) is 13.8 Å². The maximum Gasteiger partial charge on any atom is 0.338 e. The fourth-order valence-corrected chi connectivity index (χ4v) is 3.72. The summed E-state index contributed by atoms with van der Waals surface area (Å²) in [6.45, 7) is 4.51. The molecule has 7 nitrogen and oxygen atoms in total. The van der Waals surface area contributed by atoms with Crippen LogP contribution in [0.1, 0.15) is 31.1 Å². The number of ether oxygens (including phenoxy) is 3. The number of hydrogen-bond acceptors (Lipinski definition) is 7. The van der Waals surface area contributed by atoms with Crippen molar-refractivity contribution in [3.8, 4) is 0 Å². The van der Waals surface area contributed by atoms with E-state index < -0.39 is 17.8 Å². The number of amidine groups is 1. The van der Waals surface area contributed by atoms with E-state index in [0.717, 1.165) is 0 Å². The molecule has 1 atom stereocenters. The van der Waals surface area contributed by atoms with Gasteiger partial charge in [0.2, 0.25) is 0 Å². The second-order valence-electron chi connectivity index (χ2n) is 7.36. The van der Waals surface area contributed by atoms with Crippen LogP contribution in [0.3, 0.4) is 0 Å². The maximum absolute atomic E-state index is 14.5. The van der Waals surface area contributed by atoms with Crippen molar-refractivity contribution in [3.05, 3.63) is 74.9 Å². The molecule has 1 N–H and O–H groups in total. The lowest BCUT2D eigenvalue weighted by molar-refractivity contribution is -0.136. The highest BCUT2D eigenvalue weighted by molar-refractivity contribution is 6.35. The number of carbonyl (C=O) groups excluding carboxylic acids is 1. The van der Waals surface area contributed by atoms with Crippen LogP contribution in [0.5, 0.6) is 0 Å². The number of esters is 1. The molecule has 1 aromatic heterocycles. The molecule has 3 rings (SSSR count). The molecule has 1 aromatic carbocycles. The van der Waals surface area contributed by atoms with E-state index in [9.17, 15) is 9.18 Å². The number of methoxy groups -OCH3 is 1. The Morgan fingerprint density at radius 1 is 1.24 bits per heavy atom. The van der Waals surface area contributed by atoms with Crippen molar-refractivity contribution in [1.82, 2.24) is 10.3 Å². The number of carbonyl (C=O) groups is 1. The van der Waals surface area contributed by atoms with Gasteiger partial charge in [0.1, 0.15) is 11.7 Å².